The summed E-state index contributed by atoms with van der Waals surface area (Å²) < 4.78 is 0. The first kappa shape index (κ1) is 18.5. The van der Waals surface area contributed by atoms with Gasteiger partial charge in [0, 0.05) is 24.0 Å². The van der Waals surface area contributed by atoms with Crippen molar-refractivity contribution >= 4 is 22.6 Å². The van der Waals surface area contributed by atoms with Crippen LogP contribution in [0, 0.1) is 0 Å². The van der Waals surface area contributed by atoms with E-state index >= 15 is 0 Å². The molecule has 150 valence electrons. The Kier molecular flexibility index (Phi) is 4.99. The van der Waals surface area contributed by atoms with Gasteiger partial charge in [-0.05, 0) is 67.9 Å². The number of imidazole rings is 1. The van der Waals surface area contributed by atoms with Crippen LogP contribution in [-0.2, 0) is 11.3 Å². The van der Waals surface area contributed by atoms with Gasteiger partial charge in [0.05, 0.1) is 22.8 Å². The largest absolute Gasteiger partial charge is 0.338 e. The van der Waals surface area contributed by atoms with Gasteiger partial charge in [0.1, 0.15) is 5.82 Å². The number of nitrogens with zero attached hydrogens (tertiary/aromatic N) is 3. The van der Waals surface area contributed by atoms with E-state index in [-0.39, 0.29) is 11.9 Å². The molecule has 6 heteroatoms. The van der Waals surface area contributed by atoms with Crippen LogP contribution in [0.5, 0.6) is 0 Å². The summed E-state index contributed by atoms with van der Waals surface area (Å²) in [6.45, 7) is 1.61. The number of benzene rings is 2. The van der Waals surface area contributed by atoms with Gasteiger partial charge in [-0.1, -0.05) is 18.2 Å². The van der Waals surface area contributed by atoms with E-state index in [0.29, 0.717) is 6.54 Å². The molecule has 0 aliphatic carbocycles. The van der Waals surface area contributed by atoms with Crippen LogP contribution >= 0.6 is 0 Å². The Morgan fingerprint density at radius 1 is 1.07 bits per heavy atom. The molecule has 0 radical (unpaired) electrons. The number of hydrogen-bond acceptors (Lipinski definition) is 4. The lowest BCUT2D eigenvalue weighted by Crippen LogP contribution is -2.39. The zero-order valence-corrected chi connectivity index (χ0v) is 16.6. The van der Waals surface area contributed by atoms with Crippen molar-refractivity contribution in [3.8, 4) is 11.4 Å². The lowest BCUT2D eigenvalue weighted by Gasteiger charge is -2.23. The van der Waals surface area contributed by atoms with Crippen LogP contribution in [-0.4, -0.2) is 38.3 Å². The second kappa shape index (κ2) is 8.08. The summed E-state index contributed by atoms with van der Waals surface area (Å²) >= 11 is 0. The lowest BCUT2D eigenvalue weighted by molar-refractivity contribution is -0.120. The number of fused-ring (bicyclic) bond motifs is 1. The number of anilines is 1. The van der Waals surface area contributed by atoms with Crippen LogP contribution in [0.25, 0.3) is 22.4 Å². The number of pyridine rings is 1. The van der Waals surface area contributed by atoms with Gasteiger partial charge in [0.25, 0.3) is 0 Å². The predicted molar refractivity (Wildman–Crippen MR) is 118 cm³/mol. The SMILES string of the molecule is O=C(Nc1ccc(-c2nc3ccccc3[nH]2)cc1)C1CCCN1Cc1ccccn1. The minimum Gasteiger partial charge on any atom is -0.338 e. The monoisotopic (exact) mass is 397 g/mol. The minimum absolute atomic E-state index is 0.0416. The third-order valence-corrected chi connectivity index (χ3v) is 5.57. The molecule has 4 aromatic rings. The Labute approximate surface area is 175 Å². The van der Waals surface area contributed by atoms with Crippen LogP contribution in [0.2, 0.25) is 0 Å². The smallest absolute Gasteiger partial charge is 0.241 e. The van der Waals surface area contributed by atoms with Gasteiger partial charge in [0.15, 0.2) is 0 Å². The van der Waals surface area contributed by atoms with E-state index < -0.39 is 0 Å². The van der Waals surface area contributed by atoms with Crippen molar-refractivity contribution in [2.75, 3.05) is 11.9 Å². The lowest BCUT2D eigenvalue weighted by atomic mass is 10.1. The number of rotatable bonds is 5. The molecule has 0 saturated carbocycles. The van der Waals surface area contributed by atoms with E-state index in [4.69, 9.17) is 0 Å². The number of hydrogen-bond donors (Lipinski definition) is 2. The van der Waals surface area contributed by atoms with Crippen molar-refractivity contribution in [3.63, 3.8) is 0 Å². The molecule has 0 bridgehead atoms. The zero-order valence-electron chi connectivity index (χ0n) is 16.6. The van der Waals surface area contributed by atoms with E-state index in [1.54, 1.807) is 6.20 Å². The number of amides is 1. The average molecular weight is 397 g/mol. The van der Waals surface area contributed by atoms with E-state index in [2.05, 4.69) is 25.2 Å². The Balaban J connectivity index is 1.26. The number of para-hydroxylation sites is 2. The van der Waals surface area contributed by atoms with E-state index in [9.17, 15) is 4.79 Å². The van der Waals surface area contributed by atoms with Gasteiger partial charge >= 0.3 is 0 Å². The summed E-state index contributed by atoms with van der Waals surface area (Å²) in [6.07, 6.45) is 3.69. The summed E-state index contributed by atoms with van der Waals surface area (Å²) in [5.74, 6) is 0.867. The maximum Gasteiger partial charge on any atom is 0.241 e. The molecule has 1 aliphatic heterocycles. The van der Waals surface area contributed by atoms with Gasteiger partial charge in [-0.3, -0.25) is 14.7 Å². The van der Waals surface area contributed by atoms with Gasteiger partial charge < -0.3 is 10.3 Å². The fourth-order valence-electron chi connectivity index (χ4n) is 4.04. The molecule has 1 amide bonds. The Hall–Kier alpha value is -3.51. The molecule has 1 atom stereocenters. The van der Waals surface area contributed by atoms with Crippen LogP contribution in [0.3, 0.4) is 0 Å². The predicted octanol–water partition coefficient (Wildman–Crippen LogP) is 4.23. The molecule has 5 rings (SSSR count). The molecule has 30 heavy (non-hydrogen) atoms. The highest BCUT2D eigenvalue weighted by Gasteiger charge is 2.30. The number of H-pyrrole nitrogens is 1. The first-order chi connectivity index (χ1) is 14.8. The van der Waals surface area contributed by atoms with Crippen molar-refractivity contribution < 1.29 is 4.79 Å². The third-order valence-electron chi connectivity index (χ3n) is 5.57. The molecule has 1 fully saturated rings. The molecule has 1 saturated heterocycles. The molecular weight excluding hydrogens is 374 g/mol. The summed E-state index contributed by atoms with van der Waals surface area (Å²) in [7, 11) is 0. The number of carbonyl (C=O) groups excluding carboxylic acids is 1. The Morgan fingerprint density at radius 3 is 2.70 bits per heavy atom. The topological polar surface area (TPSA) is 73.9 Å². The number of aromatic nitrogens is 3. The molecular formula is C24H23N5O. The fraction of sp³-hybridized carbons (Fsp3) is 0.208. The van der Waals surface area contributed by atoms with Crippen molar-refractivity contribution in [1.29, 1.82) is 0 Å². The standard InChI is InChI=1S/C24H23N5O/c30-24(22-9-5-15-29(22)16-19-6-3-4-14-25-19)26-18-12-10-17(11-13-18)23-27-20-7-1-2-8-21(20)28-23/h1-4,6-8,10-14,22H,5,9,15-16H2,(H,26,30)(H,27,28). The highest BCUT2D eigenvalue weighted by molar-refractivity contribution is 5.95. The van der Waals surface area contributed by atoms with Crippen LogP contribution < -0.4 is 5.32 Å². The number of likely N-dealkylation sites (tertiary alicyclic amines) is 1. The summed E-state index contributed by atoms with van der Waals surface area (Å²) in [6, 6.07) is 21.6. The first-order valence-corrected chi connectivity index (χ1v) is 10.3. The summed E-state index contributed by atoms with van der Waals surface area (Å²) in [4.78, 5) is 27.5. The third kappa shape index (κ3) is 3.82. The maximum atomic E-state index is 12.9. The maximum absolute atomic E-state index is 12.9. The van der Waals surface area contributed by atoms with Gasteiger partial charge in [0.2, 0.25) is 5.91 Å². The number of aromatic amines is 1. The van der Waals surface area contributed by atoms with Gasteiger partial charge in [-0.25, -0.2) is 4.98 Å². The Morgan fingerprint density at radius 2 is 1.90 bits per heavy atom. The molecule has 1 aliphatic rings. The van der Waals surface area contributed by atoms with Crippen molar-refractivity contribution in [2.45, 2.75) is 25.4 Å². The minimum atomic E-state index is -0.123. The van der Waals surface area contributed by atoms with Crippen molar-refractivity contribution in [1.82, 2.24) is 19.9 Å². The van der Waals surface area contributed by atoms with E-state index in [1.807, 2.05) is 66.7 Å². The van der Waals surface area contributed by atoms with Gasteiger partial charge in [-0.15, -0.1) is 0 Å². The number of nitrogens with one attached hydrogen (secondary N) is 2. The highest BCUT2D eigenvalue weighted by Crippen LogP contribution is 2.24. The second-order valence-corrected chi connectivity index (χ2v) is 7.62. The van der Waals surface area contributed by atoms with E-state index in [1.165, 1.54) is 0 Å². The van der Waals surface area contributed by atoms with Crippen LogP contribution in [0.4, 0.5) is 5.69 Å². The molecule has 1 unspecified atom stereocenters. The number of carbonyl (C=O) groups is 1. The zero-order chi connectivity index (χ0) is 20.3. The molecule has 2 aromatic carbocycles. The molecule has 0 spiro atoms. The normalized spacial score (nSPS) is 16.7. The first-order valence-electron chi connectivity index (χ1n) is 10.3. The molecule has 2 aromatic heterocycles. The fourth-order valence-corrected chi connectivity index (χ4v) is 4.04. The van der Waals surface area contributed by atoms with Crippen molar-refractivity contribution in [3.05, 3.63) is 78.6 Å². The summed E-state index contributed by atoms with van der Waals surface area (Å²) in [5, 5.41) is 3.07. The van der Waals surface area contributed by atoms with Crippen LogP contribution in [0.1, 0.15) is 18.5 Å². The molecule has 2 N–H and O–H groups in total. The average Bonchev–Trinajstić information content (AvgIpc) is 3.42. The highest BCUT2D eigenvalue weighted by atomic mass is 16.2. The van der Waals surface area contributed by atoms with Gasteiger partial charge in [-0.2, -0.15) is 0 Å². The Bertz CT molecular complexity index is 1120. The van der Waals surface area contributed by atoms with Crippen LogP contribution in [0.15, 0.2) is 72.9 Å². The van der Waals surface area contributed by atoms with E-state index in [0.717, 1.165) is 53.2 Å². The molecule has 3 heterocycles. The summed E-state index contributed by atoms with van der Waals surface area (Å²) in [5.41, 5.74) is 4.73. The molecule has 6 nitrogen and oxygen atoms in total. The van der Waals surface area contributed by atoms with Crippen molar-refractivity contribution in [2.24, 2.45) is 0 Å². The second-order valence-electron chi connectivity index (χ2n) is 7.62. The quantitative estimate of drug-likeness (QED) is 0.529.